The first-order valence-electron chi connectivity index (χ1n) is 6.91. The van der Waals surface area contributed by atoms with E-state index >= 15 is 0 Å². The summed E-state index contributed by atoms with van der Waals surface area (Å²) in [6.45, 7) is 0.700. The highest BCUT2D eigenvalue weighted by molar-refractivity contribution is 9.10. The van der Waals surface area contributed by atoms with Crippen LogP contribution in [0.3, 0.4) is 0 Å². The molecule has 1 aliphatic rings. The van der Waals surface area contributed by atoms with E-state index in [1.165, 1.54) is 19.3 Å². The standard InChI is InChI=1S/C15H18BrCl2NO/c16-14-7-12(18)5-6-13(14)15(20)19-9-11-4-2-1-3-10(11)8-17/h5-7,10-11H,1-4,8-9H2,(H,19,20). The zero-order valence-electron chi connectivity index (χ0n) is 11.2. The Hall–Kier alpha value is -0.250. The molecule has 0 aliphatic heterocycles. The van der Waals surface area contributed by atoms with Crippen molar-refractivity contribution in [3.05, 3.63) is 33.3 Å². The fraction of sp³-hybridized carbons (Fsp3) is 0.533. The van der Waals surface area contributed by atoms with E-state index in [4.69, 9.17) is 23.2 Å². The van der Waals surface area contributed by atoms with Crippen molar-refractivity contribution in [1.82, 2.24) is 5.32 Å². The van der Waals surface area contributed by atoms with Crippen LogP contribution in [0.1, 0.15) is 36.0 Å². The summed E-state index contributed by atoms with van der Waals surface area (Å²) in [6, 6.07) is 5.20. The van der Waals surface area contributed by atoms with Gasteiger partial charge in [0.15, 0.2) is 0 Å². The van der Waals surface area contributed by atoms with Crippen LogP contribution in [0, 0.1) is 11.8 Å². The summed E-state index contributed by atoms with van der Waals surface area (Å²) in [5.41, 5.74) is 0.618. The van der Waals surface area contributed by atoms with Crippen LogP contribution in [0.15, 0.2) is 22.7 Å². The van der Waals surface area contributed by atoms with Crippen molar-refractivity contribution < 1.29 is 4.79 Å². The Morgan fingerprint density at radius 1 is 1.30 bits per heavy atom. The monoisotopic (exact) mass is 377 g/mol. The normalized spacial score (nSPS) is 22.6. The maximum Gasteiger partial charge on any atom is 0.252 e. The van der Waals surface area contributed by atoms with Crippen molar-refractivity contribution in [3.63, 3.8) is 0 Å². The van der Waals surface area contributed by atoms with E-state index < -0.39 is 0 Å². The lowest BCUT2D eigenvalue weighted by Crippen LogP contribution is -2.35. The number of carbonyl (C=O) groups is 1. The summed E-state index contributed by atoms with van der Waals surface area (Å²) >= 11 is 15.3. The zero-order valence-corrected chi connectivity index (χ0v) is 14.3. The van der Waals surface area contributed by atoms with Crippen LogP contribution in [0.2, 0.25) is 5.02 Å². The second-order valence-corrected chi connectivity index (χ2v) is 6.89. The number of amides is 1. The van der Waals surface area contributed by atoms with Crippen molar-refractivity contribution >= 4 is 45.0 Å². The number of nitrogens with one attached hydrogen (secondary N) is 1. The SMILES string of the molecule is O=C(NCC1CCCCC1CCl)c1ccc(Cl)cc1Br. The molecule has 20 heavy (non-hydrogen) atoms. The van der Waals surface area contributed by atoms with E-state index in [1.54, 1.807) is 18.2 Å². The average Bonchev–Trinajstić information content (AvgIpc) is 2.45. The van der Waals surface area contributed by atoms with Gasteiger partial charge in [-0.1, -0.05) is 24.4 Å². The molecule has 0 saturated heterocycles. The second kappa shape index (κ2) is 7.67. The molecule has 2 atom stereocenters. The molecule has 2 unspecified atom stereocenters. The molecule has 0 heterocycles. The third-order valence-electron chi connectivity index (χ3n) is 3.97. The maximum absolute atomic E-state index is 12.2. The fourth-order valence-corrected chi connectivity index (χ4v) is 4.02. The number of alkyl halides is 1. The van der Waals surface area contributed by atoms with Gasteiger partial charge in [-0.25, -0.2) is 0 Å². The zero-order chi connectivity index (χ0) is 14.5. The van der Waals surface area contributed by atoms with Gasteiger partial charge < -0.3 is 5.32 Å². The van der Waals surface area contributed by atoms with E-state index in [0.717, 1.165) is 10.9 Å². The van der Waals surface area contributed by atoms with Crippen molar-refractivity contribution in [2.45, 2.75) is 25.7 Å². The molecule has 1 aliphatic carbocycles. The van der Waals surface area contributed by atoms with Gasteiger partial charge in [-0.3, -0.25) is 4.79 Å². The van der Waals surface area contributed by atoms with Crippen molar-refractivity contribution in [3.8, 4) is 0 Å². The molecule has 0 radical (unpaired) electrons. The van der Waals surface area contributed by atoms with Gasteiger partial charge in [0, 0.05) is 21.9 Å². The van der Waals surface area contributed by atoms with Gasteiger partial charge >= 0.3 is 0 Å². The molecule has 0 spiro atoms. The first-order valence-corrected chi connectivity index (χ1v) is 8.61. The predicted molar refractivity (Wildman–Crippen MR) is 87.7 cm³/mol. The van der Waals surface area contributed by atoms with Gasteiger partial charge in [-0.05, 0) is 58.8 Å². The van der Waals surface area contributed by atoms with Crippen LogP contribution < -0.4 is 5.32 Å². The van der Waals surface area contributed by atoms with E-state index in [-0.39, 0.29) is 5.91 Å². The average molecular weight is 379 g/mol. The Balaban J connectivity index is 1.94. The summed E-state index contributed by atoms with van der Waals surface area (Å²) in [4.78, 5) is 12.2. The maximum atomic E-state index is 12.2. The van der Waals surface area contributed by atoms with Crippen LogP contribution in [0.25, 0.3) is 0 Å². The molecule has 2 rings (SSSR count). The van der Waals surface area contributed by atoms with Gasteiger partial charge in [0.25, 0.3) is 5.91 Å². The van der Waals surface area contributed by atoms with Crippen molar-refractivity contribution in [2.24, 2.45) is 11.8 Å². The quantitative estimate of drug-likeness (QED) is 0.743. The first-order chi connectivity index (χ1) is 9.61. The lowest BCUT2D eigenvalue weighted by atomic mass is 9.80. The van der Waals surface area contributed by atoms with Crippen LogP contribution >= 0.6 is 39.1 Å². The number of halogens is 3. The summed E-state index contributed by atoms with van der Waals surface area (Å²) in [7, 11) is 0. The molecule has 5 heteroatoms. The van der Waals surface area contributed by atoms with Crippen LogP contribution in [-0.2, 0) is 0 Å². The van der Waals surface area contributed by atoms with E-state index in [1.807, 2.05) is 0 Å². The molecular formula is C15H18BrCl2NO. The summed E-state index contributed by atoms with van der Waals surface area (Å²) in [5, 5.41) is 3.64. The number of rotatable bonds is 4. The second-order valence-electron chi connectivity index (χ2n) is 5.29. The Labute approximate surface area is 138 Å². The van der Waals surface area contributed by atoms with Gasteiger partial charge in [-0.2, -0.15) is 0 Å². The van der Waals surface area contributed by atoms with E-state index in [0.29, 0.717) is 34.8 Å². The predicted octanol–water partition coefficient (Wildman–Crippen LogP) is 4.88. The highest BCUT2D eigenvalue weighted by Gasteiger charge is 2.25. The molecule has 2 nitrogen and oxygen atoms in total. The smallest absolute Gasteiger partial charge is 0.252 e. The minimum absolute atomic E-state index is 0.0626. The number of carbonyl (C=O) groups excluding carboxylic acids is 1. The third-order valence-corrected chi connectivity index (χ3v) is 5.25. The third kappa shape index (κ3) is 4.12. The fourth-order valence-electron chi connectivity index (χ4n) is 2.75. The van der Waals surface area contributed by atoms with Crippen LogP contribution in [-0.4, -0.2) is 18.3 Å². The Bertz CT molecular complexity index is 481. The Kier molecular flexibility index (Phi) is 6.19. The highest BCUT2D eigenvalue weighted by Crippen LogP contribution is 2.30. The number of benzene rings is 1. The first kappa shape index (κ1) is 16.1. The molecule has 1 fully saturated rings. The summed E-state index contributed by atoms with van der Waals surface area (Å²) < 4.78 is 0.722. The van der Waals surface area contributed by atoms with Crippen molar-refractivity contribution in [1.29, 1.82) is 0 Å². The lowest BCUT2D eigenvalue weighted by Gasteiger charge is -2.30. The number of hydrogen-bond donors (Lipinski definition) is 1. The number of hydrogen-bond acceptors (Lipinski definition) is 1. The van der Waals surface area contributed by atoms with Crippen LogP contribution in [0.4, 0.5) is 0 Å². The minimum Gasteiger partial charge on any atom is -0.352 e. The van der Waals surface area contributed by atoms with Gasteiger partial charge in [0.05, 0.1) is 5.56 Å². The molecule has 0 aromatic heterocycles. The molecular weight excluding hydrogens is 361 g/mol. The Morgan fingerprint density at radius 2 is 2.00 bits per heavy atom. The molecule has 1 amide bonds. The molecule has 1 aromatic carbocycles. The minimum atomic E-state index is -0.0626. The van der Waals surface area contributed by atoms with Crippen molar-refractivity contribution in [2.75, 3.05) is 12.4 Å². The topological polar surface area (TPSA) is 29.1 Å². The molecule has 1 saturated carbocycles. The summed E-state index contributed by atoms with van der Waals surface area (Å²) in [6.07, 6.45) is 4.82. The molecule has 110 valence electrons. The molecule has 1 N–H and O–H groups in total. The van der Waals surface area contributed by atoms with E-state index in [9.17, 15) is 4.79 Å². The summed E-state index contributed by atoms with van der Waals surface area (Å²) in [5.74, 6) is 1.65. The lowest BCUT2D eigenvalue weighted by molar-refractivity contribution is 0.0936. The molecule has 1 aromatic rings. The van der Waals surface area contributed by atoms with Crippen LogP contribution in [0.5, 0.6) is 0 Å². The highest BCUT2D eigenvalue weighted by atomic mass is 79.9. The molecule has 0 bridgehead atoms. The van der Waals surface area contributed by atoms with Gasteiger partial charge in [0.2, 0.25) is 0 Å². The largest absolute Gasteiger partial charge is 0.352 e. The van der Waals surface area contributed by atoms with Gasteiger partial charge in [-0.15, -0.1) is 11.6 Å². The Morgan fingerprint density at radius 3 is 2.65 bits per heavy atom. The van der Waals surface area contributed by atoms with Gasteiger partial charge in [0.1, 0.15) is 0 Å². The van der Waals surface area contributed by atoms with E-state index in [2.05, 4.69) is 21.2 Å².